The van der Waals surface area contributed by atoms with Crippen molar-refractivity contribution in [3.8, 4) is 0 Å². The highest BCUT2D eigenvalue weighted by Crippen LogP contribution is 2.21. The van der Waals surface area contributed by atoms with Crippen LogP contribution in [0, 0.1) is 6.92 Å². The molecule has 3 heterocycles. The fourth-order valence-corrected chi connectivity index (χ4v) is 3.62. The number of carbonyl (C=O) groups is 1. The van der Waals surface area contributed by atoms with Gasteiger partial charge < -0.3 is 9.80 Å². The lowest BCUT2D eigenvalue weighted by atomic mass is 10.1. The third-order valence-corrected chi connectivity index (χ3v) is 5.16. The highest BCUT2D eigenvalue weighted by molar-refractivity contribution is 5.78. The Labute approximate surface area is 148 Å². The Hall–Kier alpha value is -2.34. The van der Waals surface area contributed by atoms with E-state index in [4.69, 9.17) is 0 Å². The van der Waals surface area contributed by atoms with E-state index in [1.54, 1.807) is 0 Å². The number of piperazine rings is 1. The summed E-state index contributed by atoms with van der Waals surface area (Å²) >= 11 is 0. The molecule has 132 valence electrons. The fraction of sp³-hybridized carbons (Fsp3) is 0.474. The normalized spacial score (nSPS) is 19.1. The van der Waals surface area contributed by atoms with E-state index in [1.165, 1.54) is 11.3 Å². The molecule has 0 N–H and O–H groups in total. The highest BCUT2D eigenvalue weighted by Gasteiger charge is 2.31. The molecule has 0 unspecified atom stereocenters. The van der Waals surface area contributed by atoms with E-state index in [-0.39, 0.29) is 5.91 Å². The maximum atomic E-state index is 12.5. The molecule has 0 spiro atoms. The molecule has 25 heavy (non-hydrogen) atoms. The Morgan fingerprint density at radius 3 is 2.48 bits per heavy atom. The van der Waals surface area contributed by atoms with Gasteiger partial charge in [-0.15, -0.1) is 0 Å². The van der Waals surface area contributed by atoms with Crippen molar-refractivity contribution in [2.24, 2.45) is 0 Å². The number of hydrogen-bond donors (Lipinski definition) is 0. The van der Waals surface area contributed by atoms with Gasteiger partial charge in [0.15, 0.2) is 0 Å². The molecule has 0 saturated carbocycles. The summed E-state index contributed by atoms with van der Waals surface area (Å²) in [5.41, 5.74) is 2.43. The summed E-state index contributed by atoms with van der Waals surface area (Å²) in [5, 5.41) is 4.37. The van der Waals surface area contributed by atoms with E-state index in [1.807, 2.05) is 21.8 Å². The second kappa shape index (κ2) is 6.88. The number of anilines is 1. The molecule has 2 aromatic rings. The summed E-state index contributed by atoms with van der Waals surface area (Å²) in [6.45, 7) is 7.84. The lowest BCUT2D eigenvalue weighted by molar-refractivity contribution is -0.134. The smallest absolute Gasteiger partial charge is 0.236 e. The van der Waals surface area contributed by atoms with E-state index < -0.39 is 0 Å². The van der Waals surface area contributed by atoms with Crippen molar-refractivity contribution < 1.29 is 4.79 Å². The molecule has 2 fully saturated rings. The molecule has 6 heteroatoms. The zero-order chi connectivity index (χ0) is 17.2. The topological polar surface area (TPSA) is 44.6 Å². The van der Waals surface area contributed by atoms with Gasteiger partial charge in [-0.3, -0.25) is 14.4 Å². The van der Waals surface area contributed by atoms with Gasteiger partial charge in [0.25, 0.3) is 0 Å². The minimum atomic E-state index is 0.253. The lowest BCUT2D eigenvalue weighted by Crippen LogP contribution is -2.55. The summed E-state index contributed by atoms with van der Waals surface area (Å²) in [7, 11) is 0. The van der Waals surface area contributed by atoms with Crippen molar-refractivity contribution in [3.63, 3.8) is 0 Å². The Morgan fingerprint density at radius 1 is 1.12 bits per heavy atom. The van der Waals surface area contributed by atoms with Gasteiger partial charge in [-0.05, 0) is 24.6 Å². The number of nitrogens with zero attached hydrogens (tertiary/aromatic N) is 5. The minimum absolute atomic E-state index is 0.253. The second-order valence-corrected chi connectivity index (χ2v) is 7.05. The van der Waals surface area contributed by atoms with Crippen LogP contribution < -0.4 is 4.90 Å². The van der Waals surface area contributed by atoms with E-state index in [0.717, 1.165) is 39.3 Å². The molecule has 6 nitrogen and oxygen atoms in total. The largest absolute Gasteiger partial charge is 0.368 e. The molecule has 1 aromatic heterocycles. The van der Waals surface area contributed by atoms with Gasteiger partial charge in [-0.2, -0.15) is 5.10 Å². The van der Waals surface area contributed by atoms with Crippen molar-refractivity contribution in [2.45, 2.75) is 13.0 Å². The van der Waals surface area contributed by atoms with Gasteiger partial charge in [0.2, 0.25) is 5.91 Å². The summed E-state index contributed by atoms with van der Waals surface area (Å²) in [4.78, 5) is 19.1. The summed E-state index contributed by atoms with van der Waals surface area (Å²) in [6, 6.07) is 10.8. The molecule has 2 saturated heterocycles. The van der Waals surface area contributed by atoms with Gasteiger partial charge in [0.05, 0.1) is 18.8 Å². The number of para-hydroxylation sites is 1. The van der Waals surface area contributed by atoms with Crippen LogP contribution in [0.4, 0.5) is 5.69 Å². The van der Waals surface area contributed by atoms with Gasteiger partial charge >= 0.3 is 0 Å². The molecule has 0 bridgehead atoms. The average Bonchev–Trinajstić information content (AvgIpc) is 3.04. The van der Waals surface area contributed by atoms with Crippen molar-refractivity contribution in [1.29, 1.82) is 0 Å². The van der Waals surface area contributed by atoms with Crippen LogP contribution in [-0.2, 0) is 4.79 Å². The van der Waals surface area contributed by atoms with Crippen LogP contribution in [0.25, 0.3) is 0 Å². The van der Waals surface area contributed by atoms with E-state index >= 15 is 0 Å². The van der Waals surface area contributed by atoms with Crippen LogP contribution in [0.2, 0.25) is 0 Å². The monoisotopic (exact) mass is 339 g/mol. The Balaban J connectivity index is 1.22. The molecular formula is C19H25N5O. The number of aryl methyl sites for hydroxylation is 1. The predicted molar refractivity (Wildman–Crippen MR) is 97.7 cm³/mol. The van der Waals surface area contributed by atoms with Crippen molar-refractivity contribution >= 4 is 11.6 Å². The average molecular weight is 339 g/mol. The van der Waals surface area contributed by atoms with Crippen LogP contribution in [0.1, 0.15) is 11.6 Å². The first kappa shape index (κ1) is 16.1. The van der Waals surface area contributed by atoms with Crippen LogP contribution in [0.5, 0.6) is 0 Å². The Bertz CT molecular complexity index is 714. The first-order chi connectivity index (χ1) is 12.2. The maximum Gasteiger partial charge on any atom is 0.236 e. The molecular weight excluding hydrogens is 314 g/mol. The van der Waals surface area contributed by atoms with Crippen LogP contribution in [0.15, 0.2) is 42.7 Å². The van der Waals surface area contributed by atoms with E-state index in [0.29, 0.717) is 12.6 Å². The number of carbonyl (C=O) groups excluding carboxylic acids is 1. The summed E-state index contributed by atoms with van der Waals surface area (Å²) in [6.07, 6.45) is 3.96. The third kappa shape index (κ3) is 3.54. The molecule has 0 radical (unpaired) electrons. The van der Waals surface area contributed by atoms with Crippen molar-refractivity contribution in [2.75, 3.05) is 50.7 Å². The molecule has 1 amide bonds. The van der Waals surface area contributed by atoms with Crippen LogP contribution in [-0.4, -0.2) is 71.3 Å². The van der Waals surface area contributed by atoms with E-state index in [9.17, 15) is 4.79 Å². The van der Waals surface area contributed by atoms with Crippen molar-refractivity contribution in [1.82, 2.24) is 19.6 Å². The first-order valence-corrected chi connectivity index (χ1v) is 9.00. The second-order valence-electron chi connectivity index (χ2n) is 7.05. The highest BCUT2D eigenvalue weighted by atomic mass is 16.2. The number of amides is 1. The predicted octanol–water partition coefficient (Wildman–Crippen LogP) is 1.40. The maximum absolute atomic E-state index is 12.5. The number of aromatic nitrogens is 2. The zero-order valence-corrected chi connectivity index (χ0v) is 14.7. The Kier molecular flexibility index (Phi) is 4.44. The molecule has 2 aliphatic heterocycles. The zero-order valence-electron chi connectivity index (χ0n) is 14.7. The first-order valence-electron chi connectivity index (χ1n) is 9.00. The van der Waals surface area contributed by atoms with E-state index in [2.05, 4.69) is 52.3 Å². The lowest BCUT2D eigenvalue weighted by Gasteiger charge is -2.41. The third-order valence-electron chi connectivity index (χ3n) is 5.16. The van der Waals surface area contributed by atoms with Gasteiger partial charge in [-0.1, -0.05) is 18.2 Å². The summed E-state index contributed by atoms with van der Waals surface area (Å²) in [5.74, 6) is 0.253. The molecule has 0 atom stereocenters. The number of benzene rings is 1. The summed E-state index contributed by atoms with van der Waals surface area (Å²) < 4.78 is 2.02. The van der Waals surface area contributed by atoms with Gasteiger partial charge in [0, 0.05) is 51.2 Å². The van der Waals surface area contributed by atoms with Crippen LogP contribution in [0.3, 0.4) is 0 Å². The fourth-order valence-electron chi connectivity index (χ4n) is 3.62. The molecule has 1 aromatic carbocycles. The number of hydrogen-bond acceptors (Lipinski definition) is 4. The molecule has 2 aliphatic rings. The van der Waals surface area contributed by atoms with Crippen molar-refractivity contribution in [3.05, 3.63) is 48.3 Å². The number of rotatable bonds is 4. The minimum Gasteiger partial charge on any atom is -0.368 e. The van der Waals surface area contributed by atoms with Crippen LogP contribution >= 0.6 is 0 Å². The SMILES string of the molecule is Cc1cnn(C2CN(CC(=O)N3CCN(c4ccccc4)CC3)C2)c1. The molecule has 0 aliphatic carbocycles. The van der Waals surface area contributed by atoms with Gasteiger partial charge in [-0.25, -0.2) is 0 Å². The molecule has 4 rings (SSSR count). The quantitative estimate of drug-likeness (QED) is 0.845. The standard InChI is InChI=1S/C19H25N5O/c1-16-11-20-24(12-16)18-13-21(14-18)15-19(25)23-9-7-22(8-10-23)17-5-3-2-4-6-17/h2-6,11-12,18H,7-10,13-15H2,1H3. The Morgan fingerprint density at radius 2 is 1.84 bits per heavy atom. The van der Waals surface area contributed by atoms with Gasteiger partial charge in [0.1, 0.15) is 0 Å². The number of likely N-dealkylation sites (tertiary alicyclic amines) is 1.